The molecule has 12 nitrogen and oxygen atoms in total. The molecule has 0 aliphatic carbocycles. The Labute approximate surface area is 262 Å². The lowest BCUT2D eigenvalue weighted by molar-refractivity contribution is -0.158. The van der Waals surface area contributed by atoms with Gasteiger partial charge in [-0.05, 0) is 90.3 Å². The van der Waals surface area contributed by atoms with Crippen molar-refractivity contribution in [2.45, 2.75) is 85.2 Å². The molecule has 0 bridgehead atoms. The number of amides is 1. The number of halogens is 1. The van der Waals surface area contributed by atoms with Crippen molar-refractivity contribution in [2.75, 3.05) is 11.1 Å². The van der Waals surface area contributed by atoms with Crippen LogP contribution in [0.4, 0.5) is 22.4 Å². The van der Waals surface area contributed by atoms with Crippen LogP contribution in [0.5, 0.6) is 0 Å². The molecule has 1 aromatic heterocycles. The van der Waals surface area contributed by atoms with E-state index in [4.69, 9.17) is 31.5 Å². The Bertz CT molecular complexity index is 1480. The SMILES string of the molecule is Cc1ccc(Cl)cc1-c1nc(N)nc(Nc2ccc(COC(=O)CCC(NC(=O)OC(C)(C)C)C(=O)OC(C)(C)C)cc2)n1. The normalized spacial score (nSPS) is 12.2. The van der Waals surface area contributed by atoms with Gasteiger partial charge in [-0.15, -0.1) is 0 Å². The van der Waals surface area contributed by atoms with Gasteiger partial charge in [0.2, 0.25) is 11.9 Å². The quantitative estimate of drug-likeness (QED) is 0.181. The molecule has 3 rings (SSSR count). The van der Waals surface area contributed by atoms with Crippen LogP contribution in [0.2, 0.25) is 5.02 Å². The summed E-state index contributed by atoms with van der Waals surface area (Å²) in [4.78, 5) is 50.3. The van der Waals surface area contributed by atoms with Gasteiger partial charge in [-0.3, -0.25) is 4.79 Å². The van der Waals surface area contributed by atoms with Crippen molar-refractivity contribution in [1.82, 2.24) is 20.3 Å². The molecular weight excluding hydrogens is 588 g/mol. The summed E-state index contributed by atoms with van der Waals surface area (Å²) in [5.74, 6) is -0.523. The summed E-state index contributed by atoms with van der Waals surface area (Å²) in [5.41, 5.74) is 7.47. The molecule has 0 radical (unpaired) electrons. The first-order valence-electron chi connectivity index (χ1n) is 14.0. The van der Waals surface area contributed by atoms with Crippen molar-refractivity contribution in [3.8, 4) is 11.4 Å². The van der Waals surface area contributed by atoms with Crippen molar-refractivity contribution < 1.29 is 28.6 Å². The molecule has 236 valence electrons. The summed E-state index contributed by atoms with van der Waals surface area (Å²) in [6, 6.07) is 11.4. The number of alkyl carbamates (subject to hydrolysis) is 1. The Morgan fingerprint density at radius 3 is 2.23 bits per heavy atom. The van der Waals surface area contributed by atoms with Crippen LogP contribution in [0.3, 0.4) is 0 Å². The topological polar surface area (TPSA) is 168 Å². The first-order chi connectivity index (χ1) is 20.5. The van der Waals surface area contributed by atoms with Gasteiger partial charge in [0.25, 0.3) is 0 Å². The monoisotopic (exact) mass is 626 g/mol. The van der Waals surface area contributed by atoms with Crippen molar-refractivity contribution in [1.29, 1.82) is 0 Å². The van der Waals surface area contributed by atoms with Crippen LogP contribution >= 0.6 is 11.6 Å². The standard InChI is InChI=1S/C31H39ClN6O6/c1-18-8-11-20(32)16-22(18)25-36-27(33)38-28(37-25)34-21-12-9-19(10-13-21)17-42-24(39)15-14-23(26(40)43-30(2,3)4)35-29(41)44-31(5,6)7/h8-13,16,23H,14-15,17H2,1-7H3,(H,35,41)(H3,33,34,36,37,38). The number of nitrogens with two attached hydrogens (primary N) is 1. The zero-order valence-corrected chi connectivity index (χ0v) is 26.7. The highest BCUT2D eigenvalue weighted by molar-refractivity contribution is 6.30. The van der Waals surface area contributed by atoms with E-state index in [9.17, 15) is 14.4 Å². The third kappa shape index (κ3) is 11.3. The number of aromatic nitrogens is 3. The van der Waals surface area contributed by atoms with Crippen molar-refractivity contribution in [2.24, 2.45) is 0 Å². The van der Waals surface area contributed by atoms with E-state index in [0.29, 0.717) is 16.5 Å². The van der Waals surface area contributed by atoms with Crippen LogP contribution in [0.1, 0.15) is 65.5 Å². The number of aryl methyl sites for hydroxylation is 1. The highest BCUT2D eigenvalue weighted by Gasteiger charge is 2.29. The summed E-state index contributed by atoms with van der Waals surface area (Å²) in [6.45, 7) is 12.2. The van der Waals surface area contributed by atoms with Crippen LogP contribution in [0, 0.1) is 6.92 Å². The summed E-state index contributed by atoms with van der Waals surface area (Å²) in [5, 5.41) is 6.14. The Kier molecular flexibility index (Phi) is 11.1. The molecule has 0 spiro atoms. The minimum Gasteiger partial charge on any atom is -0.461 e. The van der Waals surface area contributed by atoms with Gasteiger partial charge in [0.1, 0.15) is 23.9 Å². The van der Waals surface area contributed by atoms with E-state index >= 15 is 0 Å². The van der Waals surface area contributed by atoms with Gasteiger partial charge in [-0.25, -0.2) is 9.59 Å². The van der Waals surface area contributed by atoms with E-state index in [1.165, 1.54) is 0 Å². The van der Waals surface area contributed by atoms with E-state index < -0.39 is 35.3 Å². The van der Waals surface area contributed by atoms with Crippen LogP contribution in [-0.4, -0.2) is 50.2 Å². The third-order valence-corrected chi connectivity index (χ3v) is 5.96. The number of anilines is 3. The van der Waals surface area contributed by atoms with Crippen molar-refractivity contribution in [3.63, 3.8) is 0 Å². The Hall–Kier alpha value is -4.45. The molecule has 1 heterocycles. The smallest absolute Gasteiger partial charge is 0.408 e. The first-order valence-corrected chi connectivity index (χ1v) is 14.4. The van der Waals surface area contributed by atoms with E-state index in [1.54, 1.807) is 77.9 Å². The lowest BCUT2D eigenvalue weighted by atomic mass is 10.1. The maximum absolute atomic E-state index is 12.7. The summed E-state index contributed by atoms with van der Waals surface area (Å²) in [7, 11) is 0. The summed E-state index contributed by atoms with van der Waals surface area (Å²) >= 11 is 6.15. The predicted octanol–water partition coefficient (Wildman–Crippen LogP) is 5.88. The van der Waals surface area contributed by atoms with Crippen LogP contribution in [-0.2, 0) is 30.4 Å². The molecule has 2 aromatic carbocycles. The number of nitrogens with zero attached hydrogens (tertiary/aromatic N) is 3. The fourth-order valence-electron chi connectivity index (χ4n) is 3.79. The lowest BCUT2D eigenvalue weighted by Gasteiger charge is -2.26. The fraction of sp³-hybridized carbons (Fsp3) is 0.419. The fourth-order valence-corrected chi connectivity index (χ4v) is 3.96. The number of rotatable bonds is 10. The highest BCUT2D eigenvalue weighted by atomic mass is 35.5. The second-order valence-electron chi connectivity index (χ2n) is 12.1. The highest BCUT2D eigenvalue weighted by Crippen LogP contribution is 2.26. The van der Waals surface area contributed by atoms with Crippen LogP contribution < -0.4 is 16.4 Å². The van der Waals surface area contributed by atoms with Gasteiger partial charge in [-0.1, -0.05) is 29.8 Å². The van der Waals surface area contributed by atoms with Gasteiger partial charge in [0, 0.05) is 22.7 Å². The van der Waals surface area contributed by atoms with Gasteiger partial charge < -0.3 is 30.6 Å². The molecule has 1 atom stereocenters. The minimum atomic E-state index is -1.09. The number of carbonyl (C=O) groups is 3. The maximum atomic E-state index is 12.7. The Morgan fingerprint density at radius 1 is 0.932 bits per heavy atom. The average Bonchev–Trinajstić information content (AvgIpc) is 2.89. The molecule has 13 heteroatoms. The molecule has 0 fully saturated rings. The minimum absolute atomic E-state index is 0.00656. The van der Waals surface area contributed by atoms with Crippen LogP contribution in [0.15, 0.2) is 42.5 Å². The number of hydrogen-bond acceptors (Lipinski definition) is 11. The number of nitrogen functional groups attached to an aromatic ring is 1. The molecule has 4 N–H and O–H groups in total. The largest absolute Gasteiger partial charge is 0.461 e. The first kappa shape index (κ1) is 34.0. The second-order valence-corrected chi connectivity index (χ2v) is 12.5. The predicted molar refractivity (Wildman–Crippen MR) is 167 cm³/mol. The molecule has 0 saturated carbocycles. The van der Waals surface area contributed by atoms with Gasteiger partial charge in [-0.2, -0.15) is 15.0 Å². The van der Waals surface area contributed by atoms with E-state index in [1.807, 2.05) is 13.0 Å². The molecule has 3 aromatic rings. The Morgan fingerprint density at radius 2 is 1.59 bits per heavy atom. The molecule has 0 aliphatic heterocycles. The maximum Gasteiger partial charge on any atom is 0.408 e. The van der Waals surface area contributed by atoms with E-state index in [0.717, 1.165) is 16.7 Å². The Balaban J connectivity index is 1.57. The molecule has 1 amide bonds. The summed E-state index contributed by atoms with van der Waals surface area (Å²) < 4.78 is 16.0. The van der Waals surface area contributed by atoms with Gasteiger partial charge >= 0.3 is 18.0 Å². The van der Waals surface area contributed by atoms with Crippen molar-refractivity contribution >= 4 is 47.2 Å². The van der Waals surface area contributed by atoms with Crippen molar-refractivity contribution in [3.05, 3.63) is 58.6 Å². The zero-order chi connectivity index (χ0) is 32.7. The van der Waals surface area contributed by atoms with Gasteiger partial charge in [0.05, 0.1) is 0 Å². The molecular formula is C31H39ClN6O6. The number of benzene rings is 2. The molecule has 0 aliphatic rings. The number of carbonyl (C=O) groups excluding carboxylic acids is 3. The number of ether oxygens (including phenoxy) is 3. The van der Waals surface area contributed by atoms with Gasteiger partial charge in [0.15, 0.2) is 5.82 Å². The summed E-state index contributed by atoms with van der Waals surface area (Å²) in [6.07, 6.45) is -0.943. The number of esters is 2. The second kappa shape index (κ2) is 14.3. The third-order valence-electron chi connectivity index (χ3n) is 5.72. The molecule has 44 heavy (non-hydrogen) atoms. The molecule has 1 unspecified atom stereocenters. The number of nitrogens with one attached hydrogen (secondary N) is 2. The van der Waals surface area contributed by atoms with E-state index in [-0.39, 0.29) is 31.3 Å². The molecule has 0 saturated heterocycles. The number of hydrogen-bond donors (Lipinski definition) is 3. The van der Waals surface area contributed by atoms with Crippen LogP contribution in [0.25, 0.3) is 11.4 Å². The van der Waals surface area contributed by atoms with E-state index in [2.05, 4.69) is 25.6 Å². The lowest BCUT2D eigenvalue weighted by Crippen LogP contribution is -2.46. The average molecular weight is 627 g/mol. The zero-order valence-electron chi connectivity index (χ0n) is 26.0.